The van der Waals surface area contributed by atoms with Gasteiger partial charge in [0, 0.05) is 12.2 Å². The lowest BCUT2D eigenvalue weighted by molar-refractivity contribution is -0.322. The van der Waals surface area contributed by atoms with E-state index in [9.17, 15) is 13.2 Å². The maximum Gasteiger partial charge on any atom is 0.522 e. The van der Waals surface area contributed by atoms with Gasteiger partial charge in [-0.15, -0.1) is 13.2 Å². The van der Waals surface area contributed by atoms with E-state index in [-0.39, 0.29) is 6.54 Å². The quantitative estimate of drug-likeness (QED) is 0.807. The minimum absolute atomic E-state index is 0.126. The Kier molecular flexibility index (Phi) is 5.02. The summed E-state index contributed by atoms with van der Waals surface area (Å²) in [5.74, 6) is 0.436. The van der Waals surface area contributed by atoms with E-state index in [1.54, 1.807) is 0 Å². The Morgan fingerprint density at radius 1 is 1.28 bits per heavy atom. The molecule has 0 aliphatic heterocycles. The van der Waals surface area contributed by atoms with Gasteiger partial charge in [0.25, 0.3) is 0 Å². The van der Waals surface area contributed by atoms with Gasteiger partial charge in [-0.05, 0) is 30.0 Å². The molecule has 0 unspecified atom stereocenters. The van der Waals surface area contributed by atoms with Gasteiger partial charge in [-0.3, -0.25) is 4.74 Å². The fourth-order valence-electron chi connectivity index (χ4n) is 1.60. The molecule has 18 heavy (non-hydrogen) atoms. The van der Waals surface area contributed by atoms with Gasteiger partial charge in [0.2, 0.25) is 0 Å². The molecular weight excluding hydrogens is 243 g/mol. The first-order valence-corrected chi connectivity index (χ1v) is 5.84. The SMILES string of the molecule is Cc1cc(C(C)C)ccc1NCCOC(F)(F)F. The number of hydrogen-bond acceptors (Lipinski definition) is 2. The summed E-state index contributed by atoms with van der Waals surface area (Å²) in [5, 5.41) is 2.93. The molecule has 1 N–H and O–H groups in total. The van der Waals surface area contributed by atoms with Gasteiger partial charge < -0.3 is 5.32 Å². The molecule has 0 bridgehead atoms. The van der Waals surface area contributed by atoms with Crippen LogP contribution >= 0.6 is 0 Å². The van der Waals surface area contributed by atoms with Gasteiger partial charge >= 0.3 is 6.36 Å². The highest BCUT2D eigenvalue weighted by molar-refractivity contribution is 5.52. The number of halogens is 3. The highest BCUT2D eigenvalue weighted by atomic mass is 19.4. The number of aryl methyl sites for hydroxylation is 1. The highest BCUT2D eigenvalue weighted by Crippen LogP contribution is 2.21. The molecule has 0 aliphatic rings. The van der Waals surface area contributed by atoms with Crippen molar-refractivity contribution in [3.63, 3.8) is 0 Å². The Balaban J connectivity index is 2.48. The van der Waals surface area contributed by atoms with Gasteiger partial charge in [0.05, 0.1) is 6.61 Å². The topological polar surface area (TPSA) is 21.3 Å². The van der Waals surface area contributed by atoms with Crippen LogP contribution in [0.25, 0.3) is 0 Å². The third-order valence-corrected chi connectivity index (χ3v) is 2.60. The first-order chi connectivity index (χ1) is 8.29. The number of benzene rings is 1. The van der Waals surface area contributed by atoms with Gasteiger partial charge in [-0.25, -0.2) is 0 Å². The number of nitrogens with one attached hydrogen (secondary N) is 1. The summed E-state index contributed by atoms with van der Waals surface area (Å²) < 4.78 is 38.9. The maximum atomic E-state index is 11.8. The zero-order valence-corrected chi connectivity index (χ0v) is 10.8. The van der Waals surface area contributed by atoms with Gasteiger partial charge in [0.15, 0.2) is 0 Å². The van der Waals surface area contributed by atoms with Crippen molar-refractivity contribution >= 4 is 5.69 Å². The molecule has 0 aromatic heterocycles. The molecule has 0 amide bonds. The number of anilines is 1. The molecule has 0 aliphatic carbocycles. The molecule has 0 atom stereocenters. The van der Waals surface area contributed by atoms with Crippen molar-refractivity contribution < 1.29 is 17.9 Å². The van der Waals surface area contributed by atoms with Crippen molar-refractivity contribution in [2.24, 2.45) is 0 Å². The summed E-state index contributed by atoms with van der Waals surface area (Å²) in [4.78, 5) is 0. The van der Waals surface area contributed by atoms with Crippen molar-refractivity contribution in [2.45, 2.75) is 33.1 Å². The molecule has 0 radical (unpaired) electrons. The van der Waals surface area contributed by atoms with Crippen LogP contribution in [0.3, 0.4) is 0 Å². The molecule has 0 saturated carbocycles. The standard InChI is InChI=1S/C13H18F3NO/c1-9(2)11-4-5-12(10(3)8-11)17-6-7-18-13(14,15)16/h4-5,8-9,17H,6-7H2,1-3H3. The molecule has 1 rings (SSSR count). The summed E-state index contributed by atoms with van der Waals surface area (Å²) in [6.45, 7) is 5.85. The molecule has 0 spiro atoms. The zero-order chi connectivity index (χ0) is 13.8. The Labute approximate surface area is 105 Å². The van der Waals surface area contributed by atoms with Crippen molar-refractivity contribution in [3.8, 4) is 0 Å². The Morgan fingerprint density at radius 3 is 2.44 bits per heavy atom. The van der Waals surface area contributed by atoms with E-state index in [0.29, 0.717) is 5.92 Å². The van der Waals surface area contributed by atoms with E-state index < -0.39 is 13.0 Å². The van der Waals surface area contributed by atoms with Crippen LogP contribution in [0.5, 0.6) is 0 Å². The fraction of sp³-hybridized carbons (Fsp3) is 0.538. The van der Waals surface area contributed by atoms with Crippen LogP contribution in [-0.4, -0.2) is 19.5 Å². The lowest BCUT2D eigenvalue weighted by Gasteiger charge is -2.13. The second-order valence-electron chi connectivity index (χ2n) is 4.45. The van der Waals surface area contributed by atoms with E-state index in [0.717, 1.165) is 11.3 Å². The van der Waals surface area contributed by atoms with Crippen LogP contribution in [0.1, 0.15) is 30.9 Å². The Bertz CT molecular complexity index is 388. The summed E-state index contributed by atoms with van der Waals surface area (Å²) in [6, 6.07) is 5.90. The van der Waals surface area contributed by atoms with Crippen LogP contribution in [0.15, 0.2) is 18.2 Å². The van der Waals surface area contributed by atoms with E-state index in [1.165, 1.54) is 5.56 Å². The monoisotopic (exact) mass is 261 g/mol. The van der Waals surface area contributed by atoms with E-state index in [1.807, 2.05) is 25.1 Å². The lowest BCUT2D eigenvalue weighted by atomic mass is 10.0. The predicted molar refractivity (Wildman–Crippen MR) is 65.8 cm³/mol. The number of rotatable bonds is 5. The fourth-order valence-corrected chi connectivity index (χ4v) is 1.60. The average Bonchev–Trinajstić information content (AvgIpc) is 2.24. The van der Waals surface area contributed by atoms with Gasteiger partial charge in [0.1, 0.15) is 0 Å². The molecule has 5 heteroatoms. The summed E-state index contributed by atoms with van der Waals surface area (Å²) in [7, 11) is 0. The number of alkyl halides is 3. The van der Waals surface area contributed by atoms with Crippen LogP contribution in [0.4, 0.5) is 18.9 Å². The third kappa shape index (κ3) is 4.96. The largest absolute Gasteiger partial charge is 0.522 e. The van der Waals surface area contributed by atoms with Crippen molar-refractivity contribution in [1.82, 2.24) is 0 Å². The number of ether oxygens (including phenoxy) is 1. The second kappa shape index (κ2) is 6.09. The molecule has 102 valence electrons. The van der Waals surface area contributed by atoms with E-state index >= 15 is 0 Å². The highest BCUT2D eigenvalue weighted by Gasteiger charge is 2.28. The summed E-state index contributed by atoms with van der Waals surface area (Å²) in [6.07, 6.45) is -4.56. The number of hydrogen-bond donors (Lipinski definition) is 1. The third-order valence-electron chi connectivity index (χ3n) is 2.60. The Morgan fingerprint density at radius 2 is 1.94 bits per heavy atom. The maximum absolute atomic E-state index is 11.8. The molecule has 1 aromatic rings. The second-order valence-corrected chi connectivity index (χ2v) is 4.45. The van der Waals surface area contributed by atoms with E-state index in [4.69, 9.17) is 0 Å². The molecule has 2 nitrogen and oxygen atoms in total. The minimum Gasteiger partial charge on any atom is -0.383 e. The summed E-state index contributed by atoms with van der Waals surface area (Å²) in [5.41, 5.74) is 3.07. The van der Waals surface area contributed by atoms with Gasteiger partial charge in [-0.1, -0.05) is 26.0 Å². The van der Waals surface area contributed by atoms with Crippen LogP contribution in [0, 0.1) is 6.92 Å². The molecule has 0 heterocycles. The zero-order valence-electron chi connectivity index (χ0n) is 10.8. The van der Waals surface area contributed by atoms with E-state index in [2.05, 4.69) is 23.9 Å². The molecular formula is C13H18F3NO. The van der Waals surface area contributed by atoms with Crippen LogP contribution < -0.4 is 5.32 Å². The smallest absolute Gasteiger partial charge is 0.383 e. The molecule has 0 fully saturated rings. The normalized spacial score (nSPS) is 11.9. The average molecular weight is 261 g/mol. The lowest BCUT2D eigenvalue weighted by Crippen LogP contribution is -2.19. The minimum atomic E-state index is -4.56. The first kappa shape index (κ1) is 14.8. The predicted octanol–water partition coefficient (Wildman–Crippen LogP) is 4.07. The van der Waals surface area contributed by atoms with Crippen molar-refractivity contribution in [3.05, 3.63) is 29.3 Å². The van der Waals surface area contributed by atoms with Crippen molar-refractivity contribution in [2.75, 3.05) is 18.5 Å². The van der Waals surface area contributed by atoms with Crippen LogP contribution in [-0.2, 0) is 4.74 Å². The molecule has 0 saturated heterocycles. The van der Waals surface area contributed by atoms with Gasteiger partial charge in [-0.2, -0.15) is 0 Å². The van der Waals surface area contributed by atoms with Crippen LogP contribution in [0.2, 0.25) is 0 Å². The summed E-state index contributed by atoms with van der Waals surface area (Å²) >= 11 is 0. The first-order valence-electron chi connectivity index (χ1n) is 5.84. The van der Waals surface area contributed by atoms with Crippen molar-refractivity contribution in [1.29, 1.82) is 0 Å². The molecule has 1 aromatic carbocycles. The Hall–Kier alpha value is -1.23.